The Morgan fingerprint density at radius 2 is 1.78 bits per heavy atom. The second kappa shape index (κ2) is 10.0. The summed E-state index contributed by atoms with van der Waals surface area (Å²) in [7, 11) is 3.79. The lowest BCUT2D eigenvalue weighted by Gasteiger charge is -2.18. The minimum atomic E-state index is -0.142. The van der Waals surface area contributed by atoms with Crippen molar-refractivity contribution in [1.29, 1.82) is 0 Å². The van der Waals surface area contributed by atoms with Crippen molar-refractivity contribution in [1.82, 2.24) is 4.90 Å². The zero-order chi connectivity index (χ0) is 22.5. The molecule has 4 aromatic rings. The van der Waals surface area contributed by atoms with E-state index in [-0.39, 0.29) is 11.2 Å². The van der Waals surface area contributed by atoms with Gasteiger partial charge in [-0.15, -0.1) is 11.3 Å². The maximum Gasteiger partial charge on any atom is 0.199 e. The van der Waals surface area contributed by atoms with E-state index in [1.54, 1.807) is 19.2 Å². The highest BCUT2D eigenvalue weighted by molar-refractivity contribution is 7.24. The molecule has 0 spiro atoms. The minimum absolute atomic E-state index is 0.0268. The Kier molecular flexibility index (Phi) is 6.93. The topological polar surface area (TPSA) is 59.0 Å². The molecule has 0 saturated carbocycles. The van der Waals surface area contributed by atoms with E-state index in [1.807, 2.05) is 42.5 Å². The third-order valence-electron chi connectivity index (χ3n) is 5.47. The van der Waals surface area contributed by atoms with Crippen LogP contribution in [0.25, 0.3) is 20.2 Å². The maximum absolute atomic E-state index is 12.7. The summed E-state index contributed by atoms with van der Waals surface area (Å²) < 4.78 is 13.0. The normalized spacial score (nSPS) is 11.3. The number of hydrogen-bond donors (Lipinski definition) is 1. The average Bonchev–Trinajstić information content (AvgIpc) is 2.79. The molecular weight excluding hydrogens is 422 g/mol. The monoisotopic (exact) mass is 449 g/mol. The van der Waals surface area contributed by atoms with Crippen molar-refractivity contribution in [3.8, 4) is 17.2 Å². The first-order chi connectivity index (χ1) is 15.6. The highest BCUT2D eigenvalue weighted by Gasteiger charge is 2.12. The van der Waals surface area contributed by atoms with Gasteiger partial charge in [0.1, 0.15) is 17.2 Å². The number of aromatic hydroxyl groups is 1. The fourth-order valence-corrected chi connectivity index (χ4v) is 4.97. The predicted molar refractivity (Wildman–Crippen MR) is 131 cm³/mol. The molecule has 0 amide bonds. The van der Waals surface area contributed by atoms with Gasteiger partial charge in [0.25, 0.3) is 0 Å². The van der Waals surface area contributed by atoms with Crippen molar-refractivity contribution >= 4 is 31.5 Å². The lowest BCUT2D eigenvalue weighted by Crippen LogP contribution is -2.20. The Balaban J connectivity index is 1.33. The summed E-state index contributed by atoms with van der Waals surface area (Å²) in [5, 5.41) is 11.5. The Hall–Kier alpha value is -3.09. The molecule has 0 radical (unpaired) electrons. The van der Waals surface area contributed by atoms with Crippen molar-refractivity contribution in [3.63, 3.8) is 0 Å². The molecule has 3 aromatic carbocycles. The van der Waals surface area contributed by atoms with Crippen molar-refractivity contribution in [2.45, 2.75) is 19.4 Å². The molecule has 0 atom stereocenters. The molecule has 0 aliphatic carbocycles. The summed E-state index contributed by atoms with van der Waals surface area (Å²) in [6.45, 7) is 2.32. The zero-order valence-corrected chi connectivity index (χ0v) is 19.2. The summed E-state index contributed by atoms with van der Waals surface area (Å²) in [4.78, 5) is 15.0. The van der Waals surface area contributed by atoms with Crippen LogP contribution < -0.4 is 14.9 Å². The molecule has 0 bridgehead atoms. The number of nitrogens with zero attached hydrogens (tertiary/aromatic N) is 1. The molecule has 6 heteroatoms. The number of para-hydroxylation sites is 1. The van der Waals surface area contributed by atoms with E-state index in [0.717, 1.165) is 41.1 Å². The Morgan fingerprint density at radius 3 is 2.62 bits per heavy atom. The number of phenols is 1. The first-order valence-electron chi connectivity index (χ1n) is 10.7. The van der Waals surface area contributed by atoms with Gasteiger partial charge in [0.2, 0.25) is 0 Å². The molecule has 5 nitrogen and oxygen atoms in total. The second-order valence-corrected chi connectivity index (χ2v) is 8.93. The van der Waals surface area contributed by atoms with Gasteiger partial charge >= 0.3 is 0 Å². The van der Waals surface area contributed by atoms with Gasteiger partial charge in [-0.25, -0.2) is 0 Å². The van der Waals surface area contributed by atoms with E-state index in [1.165, 1.54) is 16.9 Å². The Bertz CT molecular complexity index is 1280. The van der Waals surface area contributed by atoms with E-state index in [9.17, 15) is 9.90 Å². The van der Waals surface area contributed by atoms with Gasteiger partial charge in [-0.3, -0.25) is 4.79 Å². The first kappa shape index (κ1) is 22.1. The van der Waals surface area contributed by atoms with Gasteiger partial charge in [0.15, 0.2) is 5.43 Å². The molecule has 0 fully saturated rings. The molecule has 0 saturated heterocycles. The molecule has 1 aromatic heterocycles. The number of fused-ring (bicyclic) bond motifs is 2. The van der Waals surface area contributed by atoms with Crippen molar-refractivity contribution in [2.24, 2.45) is 0 Å². The number of benzene rings is 3. The molecule has 0 aliphatic rings. The Morgan fingerprint density at radius 1 is 1.00 bits per heavy atom. The molecular formula is C26H27NO4S. The van der Waals surface area contributed by atoms with Crippen LogP contribution in [-0.4, -0.2) is 37.3 Å². The summed E-state index contributed by atoms with van der Waals surface area (Å²) in [6, 6.07) is 18.9. The molecule has 1 heterocycles. The maximum atomic E-state index is 12.7. The molecule has 166 valence electrons. The Labute approximate surface area is 191 Å². The lowest BCUT2D eigenvalue weighted by atomic mass is 10.1. The van der Waals surface area contributed by atoms with Crippen LogP contribution in [0.1, 0.15) is 18.4 Å². The van der Waals surface area contributed by atoms with E-state index >= 15 is 0 Å². The van der Waals surface area contributed by atoms with Crippen LogP contribution in [0.5, 0.6) is 17.2 Å². The average molecular weight is 450 g/mol. The fourth-order valence-electron chi connectivity index (χ4n) is 3.84. The van der Waals surface area contributed by atoms with E-state index in [4.69, 9.17) is 9.47 Å². The molecule has 4 rings (SSSR count). The lowest BCUT2D eigenvalue weighted by molar-refractivity contribution is 0.273. The number of phenolic OH excluding ortho intramolecular Hbond substituents is 1. The van der Waals surface area contributed by atoms with Gasteiger partial charge in [0.05, 0.1) is 19.1 Å². The van der Waals surface area contributed by atoms with Gasteiger partial charge in [0, 0.05) is 33.0 Å². The number of hydrogen-bond acceptors (Lipinski definition) is 6. The van der Waals surface area contributed by atoms with E-state index in [0.29, 0.717) is 23.1 Å². The van der Waals surface area contributed by atoms with E-state index < -0.39 is 0 Å². The van der Waals surface area contributed by atoms with Crippen molar-refractivity contribution in [3.05, 3.63) is 76.5 Å². The third kappa shape index (κ3) is 4.87. The predicted octanol–water partition coefficient (Wildman–Crippen LogP) is 5.42. The van der Waals surface area contributed by atoms with Crippen LogP contribution in [0.4, 0.5) is 0 Å². The van der Waals surface area contributed by atoms with Crippen LogP contribution in [-0.2, 0) is 6.54 Å². The number of unbranched alkanes of at least 4 members (excludes halogenated alkanes) is 1. The summed E-state index contributed by atoms with van der Waals surface area (Å²) >= 11 is 1.49. The number of rotatable bonds is 9. The summed E-state index contributed by atoms with van der Waals surface area (Å²) in [6.07, 6.45) is 1.88. The van der Waals surface area contributed by atoms with Crippen molar-refractivity contribution < 1.29 is 14.6 Å². The molecule has 1 N–H and O–H groups in total. The summed E-state index contributed by atoms with van der Waals surface area (Å²) in [5.74, 6) is 1.47. The standard InChI is InChI=1S/C26H27NO4S/c1-27(17-18-9-3-5-11-22(18)30-2)13-7-8-14-31-19-15-21(28)25-24(16-19)32-23-12-6-4-10-20(23)26(25)29/h3-6,9-12,15-16,28H,7-8,13-14,17H2,1-2H3. The molecule has 0 unspecified atom stereocenters. The third-order valence-corrected chi connectivity index (χ3v) is 6.59. The molecule has 32 heavy (non-hydrogen) atoms. The highest BCUT2D eigenvalue weighted by atomic mass is 32.1. The zero-order valence-electron chi connectivity index (χ0n) is 18.3. The van der Waals surface area contributed by atoms with Crippen LogP contribution in [0.2, 0.25) is 0 Å². The van der Waals surface area contributed by atoms with Crippen LogP contribution in [0.3, 0.4) is 0 Å². The SMILES string of the molecule is COc1ccccc1CN(C)CCCCOc1cc(O)c2c(=O)c3ccccc3sc2c1. The quantitative estimate of drug-likeness (QED) is 0.273. The number of methoxy groups -OCH3 is 1. The first-order valence-corrected chi connectivity index (χ1v) is 11.5. The van der Waals surface area contributed by atoms with Gasteiger partial charge in [-0.1, -0.05) is 30.3 Å². The highest BCUT2D eigenvalue weighted by Crippen LogP contribution is 2.33. The van der Waals surface area contributed by atoms with Gasteiger partial charge in [-0.2, -0.15) is 0 Å². The van der Waals surface area contributed by atoms with Crippen LogP contribution in [0, 0.1) is 0 Å². The number of ether oxygens (including phenoxy) is 2. The van der Waals surface area contributed by atoms with Gasteiger partial charge < -0.3 is 19.5 Å². The minimum Gasteiger partial charge on any atom is -0.507 e. The summed E-state index contributed by atoms with van der Waals surface area (Å²) in [5.41, 5.74) is 1.03. The van der Waals surface area contributed by atoms with Gasteiger partial charge in [-0.05, 0) is 50.7 Å². The largest absolute Gasteiger partial charge is 0.507 e. The van der Waals surface area contributed by atoms with Crippen LogP contribution in [0.15, 0.2) is 65.5 Å². The fraction of sp³-hybridized carbons (Fsp3) is 0.269. The second-order valence-electron chi connectivity index (χ2n) is 7.85. The van der Waals surface area contributed by atoms with Crippen LogP contribution >= 0.6 is 11.3 Å². The molecule has 0 aliphatic heterocycles. The smallest absolute Gasteiger partial charge is 0.199 e. The van der Waals surface area contributed by atoms with E-state index in [2.05, 4.69) is 18.0 Å². The van der Waals surface area contributed by atoms with Crippen molar-refractivity contribution in [2.75, 3.05) is 27.3 Å².